The van der Waals surface area contributed by atoms with Gasteiger partial charge in [-0.05, 0) is 48.9 Å². The van der Waals surface area contributed by atoms with Crippen LogP contribution in [-0.2, 0) is 37.3 Å². The van der Waals surface area contributed by atoms with Crippen LogP contribution < -0.4 is 9.42 Å². The van der Waals surface area contributed by atoms with Gasteiger partial charge in [-0.15, -0.1) is 6.12 Å². The van der Waals surface area contributed by atoms with Gasteiger partial charge >= 0.3 is 0 Å². The summed E-state index contributed by atoms with van der Waals surface area (Å²) >= 11 is 9.66. The summed E-state index contributed by atoms with van der Waals surface area (Å²) in [6.07, 6.45) is 19.8. The largest absolute Gasteiger partial charge is 0.682 e. The van der Waals surface area contributed by atoms with E-state index in [4.69, 9.17) is 29.0 Å². The normalized spacial score (nSPS) is 11.8. The van der Waals surface area contributed by atoms with Crippen molar-refractivity contribution in [1.82, 2.24) is 0 Å². The summed E-state index contributed by atoms with van der Waals surface area (Å²) in [4.78, 5) is 11.8. The molecular formula is C26H45O2PS2-2. The minimum Gasteiger partial charge on any atom is -0.682 e. The van der Waals surface area contributed by atoms with E-state index in [2.05, 4.69) is 19.9 Å². The number of benzene rings is 1. The topological polar surface area (TPSA) is 32.3 Å². The molecule has 0 aromatic heterocycles. The van der Waals surface area contributed by atoms with E-state index in [1.165, 1.54) is 114 Å². The summed E-state index contributed by atoms with van der Waals surface area (Å²) in [6.45, 7) is 4.52. The zero-order chi connectivity index (χ0) is 22.8. The number of unbranched alkanes of at least 4 members (excludes halogenated alkanes) is 14. The molecule has 31 heavy (non-hydrogen) atoms. The SMILES string of the molecule is CCCCCCCCCCc1cc(CCCCCCCCCC)cc(O[P+]([O-])([S-])[S-])c1. The molecule has 5 heteroatoms. The molecule has 0 unspecified atom stereocenters. The molecule has 1 aromatic rings. The minimum atomic E-state index is -3.36. The molecule has 0 radical (unpaired) electrons. The molecule has 0 spiro atoms. The minimum absolute atomic E-state index is 0.597. The lowest BCUT2D eigenvalue weighted by molar-refractivity contribution is -0.169. The Kier molecular flexibility index (Phi) is 17.4. The molecule has 0 fully saturated rings. The first-order valence-electron chi connectivity index (χ1n) is 12.8. The molecule has 1 aromatic carbocycles. The van der Waals surface area contributed by atoms with Crippen LogP contribution in [0.3, 0.4) is 0 Å². The molecule has 180 valence electrons. The van der Waals surface area contributed by atoms with Crippen molar-refractivity contribution in [3.63, 3.8) is 0 Å². The number of hydrogen-bond donors (Lipinski definition) is 0. The molecule has 0 N–H and O–H groups in total. The molecule has 0 aliphatic rings. The maximum atomic E-state index is 11.8. The molecule has 0 heterocycles. The molecule has 2 nitrogen and oxygen atoms in total. The van der Waals surface area contributed by atoms with Gasteiger partial charge in [-0.3, -0.25) is 0 Å². The molecule has 0 bridgehead atoms. The lowest BCUT2D eigenvalue weighted by Gasteiger charge is -2.42. The highest BCUT2D eigenvalue weighted by molar-refractivity contribution is 8.69. The highest BCUT2D eigenvalue weighted by Crippen LogP contribution is 2.46. The van der Waals surface area contributed by atoms with E-state index >= 15 is 0 Å². The van der Waals surface area contributed by atoms with E-state index in [-0.39, 0.29) is 0 Å². The van der Waals surface area contributed by atoms with E-state index in [9.17, 15) is 4.89 Å². The third-order valence-electron chi connectivity index (χ3n) is 5.88. The number of aryl methyl sites for hydroxylation is 2. The molecule has 0 saturated heterocycles. The second kappa shape index (κ2) is 18.5. The average Bonchev–Trinajstić information content (AvgIpc) is 2.70. The lowest BCUT2D eigenvalue weighted by atomic mass is 9.99. The number of rotatable bonds is 20. The van der Waals surface area contributed by atoms with Gasteiger partial charge < -0.3 is 33.9 Å². The molecular weight excluding hydrogens is 439 g/mol. The van der Waals surface area contributed by atoms with Crippen LogP contribution in [-0.4, -0.2) is 0 Å². The predicted molar refractivity (Wildman–Crippen MR) is 141 cm³/mol. The number of hydrogen-bond acceptors (Lipinski definition) is 4. The van der Waals surface area contributed by atoms with Gasteiger partial charge in [0.2, 0.25) is 0 Å². The van der Waals surface area contributed by atoms with Gasteiger partial charge in [0.05, 0.1) is 0 Å². The van der Waals surface area contributed by atoms with Gasteiger partial charge in [0.25, 0.3) is 0 Å². The first-order chi connectivity index (χ1) is 14.9. The second-order valence-electron chi connectivity index (χ2n) is 8.97. The van der Waals surface area contributed by atoms with Crippen LogP contribution in [0.5, 0.6) is 5.75 Å². The van der Waals surface area contributed by atoms with E-state index in [1.54, 1.807) is 0 Å². The Labute approximate surface area is 204 Å². The Hall–Kier alpha value is 0.110. The Morgan fingerprint density at radius 2 is 0.968 bits per heavy atom. The summed E-state index contributed by atoms with van der Waals surface area (Å²) in [5.41, 5.74) is 2.52. The van der Waals surface area contributed by atoms with Crippen molar-refractivity contribution in [3.05, 3.63) is 29.3 Å². The Morgan fingerprint density at radius 1 is 0.613 bits per heavy atom. The van der Waals surface area contributed by atoms with Gasteiger partial charge in [-0.25, -0.2) is 0 Å². The maximum Gasteiger partial charge on any atom is 0.168 e. The van der Waals surface area contributed by atoms with E-state index in [1.807, 2.05) is 12.1 Å². The van der Waals surface area contributed by atoms with Crippen LogP contribution in [0.2, 0.25) is 0 Å². The summed E-state index contributed by atoms with van der Waals surface area (Å²) in [5, 5.41) is 0. The van der Waals surface area contributed by atoms with Crippen LogP contribution in [0.4, 0.5) is 0 Å². The van der Waals surface area contributed by atoms with Crippen LogP contribution in [0.25, 0.3) is 0 Å². The van der Waals surface area contributed by atoms with Gasteiger partial charge in [0.15, 0.2) is 5.75 Å². The first kappa shape index (κ1) is 29.1. The summed E-state index contributed by atoms with van der Waals surface area (Å²) in [6, 6.07) is 6.28. The van der Waals surface area contributed by atoms with Crippen molar-refractivity contribution in [2.45, 2.75) is 129 Å². The van der Waals surface area contributed by atoms with E-state index < -0.39 is 6.12 Å². The van der Waals surface area contributed by atoms with Crippen molar-refractivity contribution in [1.29, 1.82) is 0 Å². The molecule has 0 amide bonds. The van der Waals surface area contributed by atoms with Crippen LogP contribution in [0.15, 0.2) is 18.2 Å². The Balaban J connectivity index is 2.43. The fourth-order valence-corrected chi connectivity index (χ4v) is 5.01. The third kappa shape index (κ3) is 17.3. The quantitative estimate of drug-likeness (QED) is 0.105. The highest BCUT2D eigenvalue weighted by Gasteiger charge is 2.06. The molecule has 0 aliphatic heterocycles. The molecule has 1 rings (SSSR count). The first-order valence-corrected chi connectivity index (χ1v) is 16.4. The van der Waals surface area contributed by atoms with Crippen molar-refractivity contribution < 1.29 is 9.42 Å². The predicted octanol–water partition coefficient (Wildman–Crippen LogP) is 8.56. The van der Waals surface area contributed by atoms with Crippen LogP contribution in [0, 0.1) is 0 Å². The van der Waals surface area contributed by atoms with Gasteiger partial charge in [0.1, 0.15) is 0 Å². The molecule has 0 atom stereocenters. The Bertz CT molecular complexity index is 523. The standard InChI is InChI=1S/C26H47O2PS2/c1-3-5-7-9-11-13-15-17-19-24-21-25(23-26(22-24)28-29(27,30)31)20-18-16-14-12-10-8-6-4-2/h21-23H,3-20H2,1-2H3,(H2,27,30,31)/p-2. The fourth-order valence-electron chi connectivity index (χ4n) is 4.13. The zero-order valence-electron chi connectivity index (χ0n) is 20.0. The fraction of sp³-hybridized carbons (Fsp3) is 0.769. The molecule has 0 aliphatic carbocycles. The van der Waals surface area contributed by atoms with Crippen molar-refractivity contribution in [2.24, 2.45) is 0 Å². The lowest BCUT2D eigenvalue weighted by Crippen LogP contribution is -2.09. The van der Waals surface area contributed by atoms with E-state index in [0.717, 1.165) is 12.8 Å². The van der Waals surface area contributed by atoms with Crippen molar-refractivity contribution in [3.8, 4) is 5.75 Å². The summed E-state index contributed by atoms with van der Waals surface area (Å²) in [7, 11) is 0. The second-order valence-corrected chi connectivity index (χ2v) is 13.6. The van der Waals surface area contributed by atoms with Crippen molar-refractivity contribution >= 4 is 30.6 Å². The monoisotopic (exact) mass is 484 g/mol. The Morgan fingerprint density at radius 3 is 1.32 bits per heavy atom. The van der Waals surface area contributed by atoms with Crippen molar-refractivity contribution in [2.75, 3.05) is 0 Å². The smallest absolute Gasteiger partial charge is 0.168 e. The average molecular weight is 485 g/mol. The highest BCUT2D eigenvalue weighted by atomic mass is 33.1. The van der Waals surface area contributed by atoms with Gasteiger partial charge in [-0.1, -0.05) is 110 Å². The van der Waals surface area contributed by atoms with Gasteiger partial charge in [0, 0.05) is 0 Å². The van der Waals surface area contributed by atoms with Gasteiger partial charge in [-0.2, -0.15) is 0 Å². The van der Waals surface area contributed by atoms with E-state index in [0.29, 0.717) is 5.75 Å². The van der Waals surface area contributed by atoms with Crippen LogP contribution >= 0.6 is 6.12 Å². The van der Waals surface area contributed by atoms with Crippen LogP contribution in [0.1, 0.15) is 128 Å². The zero-order valence-corrected chi connectivity index (χ0v) is 22.6. The maximum absolute atomic E-state index is 11.8. The third-order valence-corrected chi connectivity index (χ3v) is 6.76. The molecule has 0 saturated carbocycles. The summed E-state index contributed by atoms with van der Waals surface area (Å²) < 4.78 is 5.43. The summed E-state index contributed by atoms with van der Waals surface area (Å²) in [5.74, 6) is 0.597.